The summed E-state index contributed by atoms with van der Waals surface area (Å²) in [6.07, 6.45) is -0.896. The summed E-state index contributed by atoms with van der Waals surface area (Å²) in [6.45, 7) is 7.40. The average molecular weight is 390 g/mol. The minimum atomic E-state index is -3.71. The van der Waals surface area contributed by atoms with E-state index in [4.69, 9.17) is 0 Å². The van der Waals surface area contributed by atoms with Crippen LogP contribution in [0.2, 0.25) is 0 Å². The first-order valence-corrected chi connectivity index (χ1v) is 10.8. The molecule has 0 saturated carbocycles. The van der Waals surface area contributed by atoms with Crippen LogP contribution in [0.15, 0.2) is 40.6 Å². The fraction of sp³-hybridized carbons (Fsp3) is 0.300. The molecule has 0 aliphatic carbocycles. The molecule has 0 aliphatic rings. The van der Waals surface area contributed by atoms with Crippen LogP contribution >= 0.6 is 11.3 Å². The van der Waals surface area contributed by atoms with Gasteiger partial charge < -0.3 is 5.11 Å². The standard InChI is InChI=1S/C20H23NO3S2/c1-12-9-13(2)15(4)20(14(12)3)26(23,24)21-10-18(22)17-11-25-19-8-6-5-7-16(17)19/h5-9,11,18,21-22H,10H2,1-4H3. The minimum Gasteiger partial charge on any atom is -0.387 e. The van der Waals surface area contributed by atoms with Crippen LogP contribution in [0.4, 0.5) is 0 Å². The molecule has 0 aliphatic heterocycles. The third kappa shape index (κ3) is 3.42. The van der Waals surface area contributed by atoms with Crippen molar-refractivity contribution < 1.29 is 13.5 Å². The molecule has 0 saturated heterocycles. The second kappa shape index (κ2) is 7.12. The molecule has 1 aromatic heterocycles. The maximum Gasteiger partial charge on any atom is 0.241 e. The van der Waals surface area contributed by atoms with Crippen LogP contribution in [-0.2, 0) is 10.0 Å². The molecule has 26 heavy (non-hydrogen) atoms. The van der Waals surface area contributed by atoms with Crippen molar-refractivity contribution >= 4 is 31.4 Å². The summed E-state index contributed by atoms with van der Waals surface area (Å²) in [5, 5.41) is 13.4. The zero-order valence-electron chi connectivity index (χ0n) is 15.3. The molecule has 3 rings (SSSR count). The molecular weight excluding hydrogens is 366 g/mol. The van der Waals surface area contributed by atoms with E-state index in [0.29, 0.717) is 4.90 Å². The molecule has 138 valence electrons. The maximum absolute atomic E-state index is 12.9. The predicted molar refractivity (Wildman–Crippen MR) is 107 cm³/mol. The van der Waals surface area contributed by atoms with Crippen molar-refractivity contribution in [1.82, 2.24) is 4.72 Å². The predicted octanol–water partition coefficient (Wildman–Crippen LogP) is 4.15. The first-order valence-electron chi connectivity index (χ1n) is 8.43. The summed E-state index contributed by atoms with van der Waals surface area (Å²) in [4.78, 5) is 0.317. The van der Waals surface area contributed by atoms with Gasteiger partial charge in [-0.15, -0.1) is 11.3 Å². The van der Waals surface area contributed by atoms with Gasteiger partial charge in [0.2, 0.25) is 10.0 Å². The highest BCUT2D eigenvalue weighted by Gasteiger charge is 2.23. The maximum atomic E-state index is 12.9. The van der Waals surface area contributed by atoms with Crippen molar-refractivity contribution in [3.63, 3.8) is 0 Å². The zero-order chi connectivity index (χ0) is 19.1. The molecule has 4 nitrogen and oxygen atoms in total. The first kappa shape index (κ1) is 19.0. The molecule has 2 aromatic carbocycles. The monoisotopic (exact) mass is 389 g/mol. The van der Waals surface area contributed by atoms with Gasteiger partial charge in [-0.2, -0.15) is 0 Å². The number of benzene rings is 2. The van der Waals surface area contributed by atoms with E-state index in [1.807, 2.05) is 63.4 Å². The molecule has 0 radical (unpaired) electrons. The molecule has 1 heterocycles. The lowest BCUT2D eigenvalue weighted by atomic mass is 10.0. The number of fused-ring (bicyclic) bond motifs is 1. The second-order valence-electron chi connectivity index (χ2n) is 6.64. The summed E-state index contributed by atoms with van der Waals surface area (Å²) in [6, 6.07) is 9.79. The lowest BCUT2D eigenvalue weighted by Gasteiger charge is -2.17. The van der Waals surface area contributed by atoms with Crippen LogP contribution in [0.1, 0.15) is 33.9 Å². The molecule has 0 spiro atoms. The molecule has 0 amide bonds. The Hall–Kier alpha value is -1.73. The number of hydrogen-bond acceptors (Lipinski definition) is 4. The van der Waals surface area contributed by atoms with E-state index in [1.54, 1.807) is 11.3 Å². The number of rotatable bonds is 5. The van der Waals surface area contributed by atoms with Crippen molar-refractivity contribution in [2.75, 3.05) is 6.54 Å². The third-order valence-corrected chi connectivity index (χ3v) is 7.58. The van der Waals surface area contributed by atoms with E-state index in [0.717, 1.165) is 37.9 Å². The van der Waals surface area contributed by atoms with Crippen molar-refractivity contribution in [1.29, 1.82) is 0 Å². The number of aliphatic hydroxyl groups is 1. The highest BCUT2D eigenvalue weighted by molar-refractivity contribution is 7.89. The van der Waals surface area contributed by atoms with Gasteiger partial charge in [0.1, 0.15) is 0 Å². The quantitative estimate of drug-likeness (QED) is 0.689. The fourth-order valence-corrected chi connectivity index (χ4v) is 5.87. The normalized spacial score (nSPS) is 13.3. The van der Waals surface area contributed by atoms with E-state index < -0.39 is 16.1 Å². The number of aryl methyl sites for hydroxylation is 2. The van der Waals surface area contributed by atoms with Crippen molar-refractivity contribution in [3.8, 4) is 0 Å². The molecule has 6 heteroatoms. The number of thiophene rings is 1. The van der Waals surface area contributed by atoms with Crippen LogP contribution in [0.3, 0.4) is 0 Å². The minimum absolute atomic E-state index is 0.0606. The topological polar surface area (TPSA) is 66.4 Å². The van der Waals surface area contributed by atoms with Crippen LogP contribution in [0.25, 0.3) is 10.1 Å². The molecule has 2 N–H and O–H groups in total. The van der Waals surface area contributed by atoms with Gasteiger partial charge in [-0.3, -0.25) is 0 Å². The van der Waals surface area contributed by atoms with Crippen molar-refractivity contribution in [3.05, 3.63) is 63.5 Å². The Morgan fingerprint density at radius 1 is 1.08 bits per heavy atom. The SMILES string of the molecule is Cc1cc(C)c(C)c(S(=O)(=O)NCC(O)c2csc3ccccc23)c1C. The molecule has 1 atom stereocenters. The van der Waals surface area contributed by atoms with Crippen molar-refractivity contribution in [2.45, 2.75) is 38.7 Å². The summed E-state index contributed by atoms with van der Waals surface area (Å²) >= 11 is 1.54. The fourth-order valence-electron chi connectivity index (χ4n) is 3.21. The number of nitrogens with one attached hydrogen (secondary N) is 1. The first-order chi connectivity index (χ1) is 12.2. The Kier molecular flexibility index (Phi) is 5.21. The molecule has 3 aromatic rings. The summed E-state index contributed by atoms with van der Waals surface area (Å²) in [5.41, 5.74) is 4.13. The Labute approximate surface area is 158 Å². The lowest BCUT2D eigenvalue weighted by Crippen LogP contribution is -2.30. The van der Waals surface area contributed by atoms with Gasteiger partial charge in [0.25, 0.3) is 0 Å². The summed E-state index contributed by atoms with van der Waals surface area (Å²) in [7, 11) is -3.71. The van der Waals surface area contributed by atoms with E-state index in [-0.39, 0.29) is 6.54 Å². The molecular formula is C20H23NO3S2. The average Bonchev–Trinajstić information content (AvgIpc) is 3.02. The third-order valence-electron chi connectivity index (χ3n) is 4.90. The highest BCUT2D eigenvalue weighted by Crippen LogP contribution is 2.31. The van der Waals surface area contributed by atoms with E-state index in [9.17, 15) is 13.5 Å². The molecule has 1 unspecified atom stereocenters. The van der Waals surface area contributed by atoms with Gasteiger partial charge in [-0.1, -0.05) is 24.3 Å². The lowest BCUT2D eigenvalue weighted by molar-refractivity contribution is 0.184. The Morgan fingerprint density at radius 3 is 2.35 bits per heavy atom. The van der Waals surface area contributed by atoms with Crippen LogP contribution < -0.4 is 4.72 Å². The van der Waals surface area contributed by atoms with Crippen LogP contribution in [0.5, 0.6) is 0 Å². The largest absolute Gasteiger partial charge is 0.387 e. The van der Waals surface area contributed by atoms with Crippen LogP contribution in [-0.4, -0.2) is 20.1 Å². The van der Waals surface area contributed by atoms with Crippen LogP contribution in [0, 0.1) is 27.7 Å². The van der Waals surface area contributed by atoms with E-state index in [1.165, 1.54) is 0 Å². The van der Waals surface area contributed by atoms with Gasteiger partial charge in [-0.05, 0) is 66.8 Å². The highest BCUT2D eigenvalue weighted by atomic mass is 32.2. The summed E-state index contributed by atoms with van der Waals surface area (Å²) in [5.74, 6) is 0. The van der Waals surface area contributed by atoms with Gasteiger partial charge in [0.05, 0.1) is 11.0 Å². The van der Waals surface area contributed by atoms with Gasteiger partial charge >= 0.3 is 0 Å². The van der Waals surface area contributed by atoms with E-state index >= 15 is 0 Å². The number of sulfonamides is 1. The van der Waals surface area contributed by atoms with Gasteiger partial charge in [0, 0.05) is 16.8 Å². The van der Waals surface area contributed by atoms with Gasteiger partial charge in [-0.25, -0.2) is 13.1 Å². The molecule has 0 bridgehead atoms. The smallest absolute Gasteiger partial charge is 0.241 e. The second-order valence-corrected chi connectivity index (χ2v) is 9.26. The van der Waals surface area contributed by atoms with Gasteiger partial charge in [0.15, 0.2) is 0 Å². The Morgan fingerprint density at radius 2 is 1.69 bits per heavy atom. The number of aliphatic hydroxyl groups excluding tert-OH is 1. The summed E-state index contributed by atoms with van der Waals surface area (Å²) < 4.78 is 29.5. The Balaban J connectivity index is 1.87. The number of hydrogen-bond donors (Lipinski definition) is 2. The Bertz CT molecular complexity index is 1040. The zero-order valence-corrected chi connectivity index (χ0v) is 17.0. The van der Waals surface area contributed by atoms with Crippen molar-refractivity contribution in [2.24, 2.45) is 0 Å². The van der Waals surface area contributed by atoms with E-state index in [2.05, 4.69) is 4.72 Å². The molecule has 0 fully saturated rings.